The summed E-state index contributed by atoms with van der Waals surface area (Å²) in [6.45, 7) is 1.06. The average Bonchev–Trinajstić information content (AvgIpc) is 2.96. The average molecular weight is 344 g/mol. The van der Waals surface area contributed by atoms with Crippen molar-refractivity contribution in [2.45, 2.75) is 0 Å². The van der Waals surface area contributed by atoms with E-state index in [1.54, 1.807) is 12.1 Å². The number of hydrogen-bond acceptors (Lipinski definition) is 3. The Morgan fingerprint density at radius 2 is 2.04 bits per heavy atom. The first-order valence-corrected chi connectivity index (χ1v) is 7.82. The second kappa shape index (κ2) is 6.98. The zero-order valence-electron chi connectivity index (χ0n) is 13.9. The summed E-state index contributed by atoms with van der Waals surface area (Å²) in [6.07, 6.45) is 0. The molecule has 2 aromatic carbocycles. The summed E-state index contributed by atoms with van der Waals surface area (Å²) in [5.74, 6) is -1.52. The Balaban J connectivity index is 1.97. The Morgan fingerprint density at radius 3 is 2.76 bits per heavy atom. The van der Waals surface area contributed by atoms with E-state index in [1.807, 2.05) is 19.0 Å². The van der Waals surface area contributed by atoms with E-state index >= 15 is 0 Å². The fraction of sp³-hybridized carbons (Fsp3) is 0.222. The Bertz CT molecular complexity index is 921. The van der Waals surface area contributed by atoms with Gasteiger partial charge in [0.1, 0.15) is 17.3 Å². The molecule has 1 heterocycles. The second-order valence-electron chi connectivity index (χ2n) is 6.02. The van der Waals surface area contributed by atoms with Crippen LogP contribution in [0.15, 0.2) is 36.4 Å². The van der Waals surface area contributed by atoms with Crippen LogP contribution in [0.25, 0.3) is 22.2 Å². The summed E-state index contributed by atoms with van der Waals surface area (Å²) in [5.41, 5.74) is 1.40. The third-order valence-corrected chi connectivity index (χ3v) is 3.84. The molecule has 0 aliphatic carbocycles. The van der Waals surface area contributed by atoms with E-state index in [9.17, 15) is 13.6 Å². The van der Waals surface area contributed by atoms with Crippen LogP contribution in [0.5, 0.6) is 0 Å². The van der Waals surface area contributed by atoms with Gasteiger partial charge in [0, 0.05) is 30.1 Å². The van der Waals surface area contributed by atoms with Crippen LogP contribution in [-0.4, -0.2) is 48.2 Å². The molecular formula is C18H18F2N4O. The molecule has 7 heteroatoms. The molecule has 0 aliphatic rings. The predicted octanol–water partition coefficient (Wildman–Crippen LogP) is 2.80. The van der Waals surface area contributed by atoms with Gasteiger partial charge in [-0.2, -0.15) is 5.10 Å². The smallest absolute Gasteiger partial charge is 0.254 e. The van der Waals surface area contributed by atoms with E-state index < -0.39 is 17.5 Å². The number of benzene rings is 2. The summed E-state index contributed by atoms with van der Waals surface area (Å²) in [7, 11) is 3.77. The van der Waals surface area contributed by atoms with E-state index in [0.717, 1.165) is 0 Å². The molecule has 1 aromatic heterocycles. The standard InChI is InChI=1S/C18H18F2N4O/c1-24(2)7-6-21-18(25)13-9-14-16(10-15(13)20)22-23-17(14)11-4-3-5-12(19)8-11/h3-5,8-10H,6-7H2,1-2H3,(H,21,25)(H,22,23). The van der Waals surface area contributed by atoms with Crippen molar-refractivity contribution in [1.82, 2.24) is 20.4 Å². The quantitative estimate of drug-likeness (QED) is 0.748. The maximum Gasteiger partial charge on any atom is 0.254 e. The molecule has 2 N–H and O–H groups in total. The van der Waals surface area contributed by atoms with Crippen LogP contribution in [0.4, 0.5) is 8.78 Å². The number of carbonyl (C=O) groups is 1. The number of hydrogen-bond donors (Lipinski definition) is 2. The Hall–Kier alpha value is -2.80. The highest BCUT2D eigenvalue weighted by molar-refractivity contribution is 6.01. The van der Waals surface area contributed by atoms with Gasteiger partial charge in [0.25, 0.3) is 5.91 Å². The van der Waals surface area contributed by atoms with Crippen LogP contribution in [0, 0.1) is 11.6 Å². The third-order valence-electron chi connectivity index (χ3n) is 3.84. The van der Waals surface area contributed by atoms with Crippen molar-refractivity contribution in [3.63, 3.8) is 0 Å². The van der Waals surface area contributed by atoms with Crippen molar-refractivity contribution in [2.24, 2.45) is 0 Å². The first-order valence-electron chi connectivity index (χ1n) is 7.82. The molecular weight excluding hydrogens is 326 g/mol. The van der Waals surface area contributed by atoms with Crippen LogP contribution in [0.1, 0.15) is 10.4 Å². The molecule has 0 bridgehead atoms. The predicted molar refractivity (Wildman–Crippen MR) is 92.3 cm³/mol. The number of nitrogens with zero attached hydrogens (tertiary/aromatic N) is 2. The summed E-state index contributed by atoms with van der Waals surface area (Å²) in [4.78, 5) is 14.2. The van der Waals surface area contributed by atoms with Crippen molar-refractivity contribution < 1.29 is 13.6 Å². The van der Waals surface area contributed by atoms with Gasteiger partial charge in [-0.3, -0.25) is 9.89 Å². The molecule has 0 atom stereocenters. The number of amides is 1. The van der Waals surface area contributed by atoms with E-state index in [1.165, 1.54) is 24.3 Å². The minimum absolute atomic E-state index is 0.0645. The number of nitrogens with one attached hydrogen (secondary N) is 2. The molecule has 130 valence electrons. The highest BCUT2D eigenvalue weighted by Crippen LogP contribution is 2.28. The molecule has 1 amide bonds. The molecule has 0 radical (unpaired) electrons. The minimum atomic E-state index is -0.635. The molecule has 5 nitrogen and oxygen atoms in total. The molecule has 3 aromatic rings. The second-order valence-corrected chi connectivity index (χ2v) is 6.02. The van der Waals surface area contributed by atoms with Gasteiger partial charge in [-0.25, -0.2) is 8.78 Å². The number of H-pyrrole nitrogens is 1. The van der Waals surface area contributed by atoms with Crippen molar-refractivity contribution in [3.8, 4) is 11.3 Å². The first kappa shape index (κ1) is 17.0. The van der Waals surface area contributed by atoms with Gasteiger partial charge < -0.3 is 10.2 Å². The van der Waals surface area contributed by atoms with Gasteiger partial charge in [0.2, 0.25) is 0 Å². The Morgan fingerprint density at radius 1 is 1.24 bits per heavy atom. The largest absolute Gasteiger partial charge is 0.351 e. The normalized spacial score (nSPS) is 11.2. The van der Waals surface area contributed by atoms with E-state index in [-0.39, 0.29) is 5.56 Å². The molecule has 0 aliphatic heterocycles. The summed E-state index contributed by atoms with van der Waals surface area (Å²) < 4.78 is 27.7. The van der Waals surface area contributed by atoms with Crippen LogP contribution in [0.2, 0.25) is 0 Å². The number of aromatic amines is 1. The van der Waals surface area contributed by atoms with Gasteiger partial charge in [-0.1, -0.05) is 12.1 Å². The van der Waals surface area contributed by atoms with Crippen LogP contribution in [-0.2, 0) is 0 Å². The number of likely N-dealkylation sites (N-methyl/N-ethyl adjacent to an activating group) is 1. The summed E-state index contributed by atoms with van der Waals surface area (Å²) >= 11 is 0. The lowest BCUT2D eigenvalue weighted by Gasteiger charge is -2.11. The summed E-state index contributed by atoms with van der Waals surface area (Å²) in [5, 5.41) is 10.1. The number of fused-ring (bicyclic) bond motifs is 1. The molecule has 0 unspecified atom stereocenters. The first-order chi connectivity index (χ1) is 12.0. The third kappa shape index (κ3) is 3.66. The maximum absolute atomic E-state index is 14.3. The number of rotatable bonds is 5. The van der Waals surface area contributed by atoms with Crippen LogP contribution >= 0.6 is 0 Å². The molecule has 25 heavy (non-hydrogen) atoms. The van der Waals surface area contributed by atoms with Gasteiger partial charge in [0.15, 0.2) is 0 Å². The van der Waals surface area contributed by atoms with E-state index in [4.69, 9.17) is 0 Å². The topological polar surface area (TPSA) is 61.0 Å². The molecule has 3 rings (SSSR count). The lowest BCUT2D eigenvalue weighted by molar-refractivity contribution is 0.0947. The van der Waals surface area contributed by atoms with Crippen LogP contribution in [0.3, 0.4) is 0 Å². The maximum atomic E-state index is 14.3. The SMILES string of the molecule is CN(C)CCNC(=O)c1cc2c(-c3cccc(F)c3)n[nH]c2cc1F. The van der Waals surface area contributed by atoms with Gasteiger partial charge in [0.05, 0.1) is 11.1 Å². The van der Waals surface area contributed by atoms with Crippen LogP contribution < -0.4 is 5.32 Å². The number of carbonyl (C=O) groups excluding carboxylic acids is 1. The Kier molecular flexibility index (Phi) is 4.76. The van der Waals surface area contributed by atoms with E-state index in [2.05, 4.69) is 15.5 Å². The molecule has 0 saturated carbocycles. The van der Waals surface area contributed by atoms with Gasteiger partial charge in [-0.05, 0) is 32.3 Å². The van der Waals surface area contributed by atoms with Crippen molar-refractivity contribution in [2.75, 3.05) is 27.2 Å². The molecule has 0 fully saturated rings. The molecule has 0 saturated heterocycles. The highest BCUT2D eigenvalue weighted by Gasteiger charge is 2.17. The lowest BCUT2D eigenvalue weighted by atomic mass is 10.0. The fourth-order valence-corrected chi connectivity index (χ4v) is 2.56. The lowest BCUT2D eigenvalue weighted by Crippen LogP contribution is -2.31. The fourth-order valence-electron chi connectivity index (χ4n) is 2.56. The monoisotopic (exact) mass is 344 g/mol. The molecule has 0 spiro atoms. The summed E-state index contributed by atoms with van der Waals surface area (Å²) in [6, 6.07) is 8.63. The van der Waals surface area contributed by atoms with E-state index in [0.29, 0.717) is 35.2 Å². The zero-order valence-corrected chi connectivity index (χ0v) is 13.9. The van der Waals surface area contributed by atoms with Crippen molar-refractivity contribution in [1.29, 1.82) is 0 Å². The number of aromatic nitrogens is 2. The highest BCUT2D eigenvalue weighted by atomic mass is 19.1. The van der Waals surface area contributed by atoms with Gasteiger partial charge >= 0.3 is 0 Å². The number of halogens is 2. The zero-order chi connectivity index (χ0) is 18.0. The van der Waals surface area contributed by atoms with Gasteiger partial charge in [-0.15, -0.1) is 0 Å². The van der Waals surface area contributed by atoms with Crippen molar-refractivity contribution in [3.05, 3.63) is 53.6 Å². The van der Waals surface area contributed by atoms with Crippen molar-refractivity contribution >= 4 is 16.8 Å². The Labute approximate surface area is 143 Å². The minimum Gasteiger partial charge on any atom is -0.351 e.